The lowest BCUT2D eigenvalue weighted by molar-refractivity contribution is -0.161. The number of aliphatic hydroxyl groups excluding tert-OH is 1. The van der Waals surface area contributed by atoms with Gasteiger partial charge in [-0.2, -0.15) is 0 Å². The second-order valence-electron chi connectivity index (χ2n) is 30.2. The summed E-state index contributed by atoms with van der Waals surface area (Å²) in [6.45, 7) is 11.9. The Balaban J connectivity index is 5.25. The molecule has 0 saturated carbocycles. The van der Waals surface area contributed by atoms with E-state index in [0.29, 0.717) is 31.6 Å². The van der Waals surface area contributed by atoms with Crippen molar-refractivity contribution in [3.8, 4) is 0 Å². The van der Waals surface area contributed by atoms with Crippen LogP contribution < -0.4 is 0 Å². The van der Waals surface area contributed by atoms with Gasteiger partial charge in [0.25, 0.3) is 0 Å². The first kappa shape index (κ1) is 97.1. The van der Waals surface area contributed by atoms with Gasteiger partial charge in [0, 0.05) is 25.7 Å². The Labute approximate surface area is 607 Å². The van der Waals surface area contributed by atoms with E-state index in [1.807, 2.05) is 0 Å². The van der Waals surface area contributed by atoms with Crippen LogP contribution in [0.3, 0.4) is 0 Å². The molecule has 0 aromatic heterocycles. The molecule has 0 aliphatic carbocycles. The third-order valence-corrected chi connectivity index (χ3v) is 20.5. The number of esters is 4. The molecule has 99 heavy (non-hydrogen) atoms. The molecule has 0 aliphatic heterocycles. The van der Waals surface area contributed by atoms with Gasteiger partial charge in [0.05, 0.1) is 26.4 Å². The lowest BCUT2D eigenvalue weighted by atomic mass is 10.0. The maximum atomic E-state index is 13.1. The summed E-state index contributed by atoms with van der Waals surface area (Å²) in [7, 11) is -9.92. The fraction of sp³-hybridized carbons (Fsp3) is 0.950. The minimum Gasteiger partial charge on any atom is -0.462 e. The number of rotatable bonds is 78. The van der Waals surface area contributed by atoms with Crippen molar-refractivity contribution in [2.75, 3.05) is 39.6 Å². The van der Waals surface area contributed by atoms with Gasteiger partial charge in [-0.3, -0.25) is 37.3 Å². The second-order valence-corrected chi connectivity index (χ2v) is 33.1. The second kappa shape index (κ2) is 70.4. The van der Waals surface area contributed by atoms with Crippen LogP contribution in [0.5, 0.6) is 0 Å². The highest BCUT2D eigenvalue weighted by molar-refractivity contribution is 7.47. The van der Waals surface area contributed by atoms with Crippen molar-refractivity contribution in [2.45, 2.75) is 433 Å². The van der Waals surface area contributed by atoms with Crippen molar-refractivity contribution in [2.24, 2.45) is 17.8 Å². The standard InChI is InChI=1S/C80H156O17P2/c1-8-9-10-11-12-13-14-15-16-17-23-29-34-41-49-56-63-80(85)97-76(68-91-78(83)62-55-48-43-36-39-46-53-60-73(6)7)70-95-99(88,89)93-66-74(81)65-92-98(86,87)94-69-75(67-90-77(82)61-54-47-40-33-28-25-20-22-27-32-38-45-52-59-72(4)5)96-79(84)64-57-50-42-35-30-24-19-18-21-26-31-37-44-51-58-71(2)3/h71-76,81H,8-70H2,1-7H3,(H,86,87)(H,88,89)/t74-,75-,76-/m1/s1. The number of hydrogen-bond donors (Lipinski definition) is 3. The van der Waals surface area contributed by atoms with E-state index >= 15 is 0 Å². The third kappa shape index (κ3) is 74.1. The summed E-state index contributed by atoms with van der Waals surface area (Å²) >= 11 is 0. The van der Waals surface area contributed by atoms with E-state index in [2.05, 4.69) is 48.5 Å². The third-order valence-electron chi connectivity index (χ3n) is 18.6. The number of phosphoric acid groups is 2. The van der Waals surface area contributed by atoms with Crippen molar-refractivity contribution in [3.05, 3.63) is 0 Å². The molecule has 0 saturated heterocycles. The molecular formula is C80H156O17P2. The Kier molecular flexibility index (Phi) is 69.0. The number of hydrogen-bond acceptors (Lipinski definition) is 15. The van der Waals surface area contributed by atoms with Crippen molar-refractivity contribution in [3.63, 3.8) is 0 Å². The molecule has 2 unspecified atom stereocenters. The summed E-state index contributed by atoms with van der Waals surface area (Å²) < 4.78 is 68.7. The zero-order chi connectivity index (χ0) is 73.0. The average Bonchev–Trinajstić information content (AvgIpc) is 1.02. The molecule has 0 heterocycles. The summed E-state index contributed by atoms with van der Waals surface area (Å²) in [5, 5.41) is 10.6. The van der Waals surface area contributed by atoms with Crippen LogP contribution in [0.1, 0.15) is 414 Å². The maximum absolute atomic E-state index is 13.1. The van der Waals surface area contributed by atoms with Crippen LogP contribution >= 0.6 is 15.6 Å². The summed E-state index contributed by atoms with van der Waals surface area (Å²) in [5.41, 5.74) is 0. The quantitative estimate of drug-likeness (QED) is 0.0222. The molecule has 0 amide bonds. The van der Waals surface area contributed by atoms with Crippen molar-refractivity contribution in [1.29, 1.82) is 0 Å². The van der Waals surface area contributed by atoms with Crippen molar-refractivity contribution < 1.29 is 80.2 Å². The minimum absolute atomic E-state index is 0.107. The summed E-state index contributed by atoms with van der Waals surface area (Å²) in [6, 6.07) is 0. The van der Waals surface area contributed by atoms with E-state index in [4.69, 9.17) is 37.0 Å². The van der Waals surface area contributed by atoms with Gasteiger partial charge in [0.15, 0.2) is 12.2 Å². The maximum Gasteiger partial charge on any atom is 0.472 e. The predicted molar refractivity (Wildman–Crippen MR) is 405 cm³/mol. The van der Waals surface area contributed by atoms with Crippen LogP contribution in [0.2, 0.25) is 0 Å². The lowest BCUT2D eigenvalue weighted by Gasteiger charge is -2.21. The van der Waals surface area contributed by atoms with Gasteiger partial charge < -0.3 is 33.8 Å². The van der Waals surface area contributed by atoms with Gasteiger partial charge in [0.1, 0.15) is 19.3 Å². The summed E-state index contributed by atoms with van der Waals surface area (Å²) in [6.07, 6.45) is 58.3. The van der Waals surface area contributed by atoms with Gasteiger partial charge >= 0.3 is 39.5 Å². The van der Waals surface area contributed by atoms with Crippen LogP contribution in [-0.2, 0) is 65.4 Å². The van der Waals surface area contributed by atoms with E-state index < -0.39 is 97.5 Å². The number of ether oxygens (including phenoxy) is 4. The van der Waals surface area contributed by atoms with E-state index in [0.717, 1.165) is 108 Å². The van der Waals surface area contributed by atoms with E-state index in [9.17, 15) is 43.2 Å². The van der Waals surface area contributed by atoms with Gasteiger partial charge in [-0.05, 0) is 43.4 Å². The predicted octanol–water partition coefficient (Wildman–Crippen LogP) is 23.7. The van der Waals surface area contributed by atoms with Gasteiger partial charge in [0.2, 0.25) is 0 Å². The number of aliphatic hydroxyl groups is 1. The van der Waals surface area contributed by atoms with Crippen LogP contribution in [-0.4, -0.2) is 96.7 Å². The molecule has 0 bridgehead atoms. The van der Waals surface area contributed by atoms with Gasteiger partial charge in [-0.1, -0.05) is 363 Å². The van der Waals surface area contributed by atoms with Crippen molar-refractivity contribution in [1.82, 2.24) is 0 Å². The van der Waals surface area contributed by atoms with Crippen LogP contribution in [0, 0.1) is 17.8 Å². The Morgan fingerprint density at radius 2 is 0.465 bits per heavy atom. The summed E-state index contributed by atoms with van der Waals surface area (Å²) in [5.74, 6) is 0.180. The SMILES string of the molecule is CCCCCCCCCCCCCCCCCCC(=O)O[C@H](COC(=O)CCCCCCCCCC(C)C)COP(=O)(O)OC[C@H](O)COP(=O)(O)OC[C@@H](COC(=O)CCCCCCCCCCCCCCCC(C)C)OC(=O)CCCCCCCCCCCCCCCCC(C)C. The molecule has 588 valence electrons. The molecule has 0 aromatic rings. The normalized spacial score (nSPS) is 14.0. The Bertz CT molecular complexity index is 1920. The number of phosphoric ester groups is 2. The molecule has 19 heteroatoms. The van der Waals surface area contributed by atoms with E-state index in [-0.39, 0.29) is 25.7 Å². The Morgan fingerprint density at radius 3 is 0.687 bits per heavy atom. The first-order chi connectivity index (χ1) is 47.7. The molecule has 17 nitrogen and oxygen atoms in total. The molecule has 0 fully saturated rings. The molecule has 5 atom stereocenters. The molecular weight excluding hydrogens is 1290 g/mol. The van der Waals surface area contributed by atoms with Crippen LogP contribution in [0.25, 0.3) is 0 Å². The number of carbonyl (C=O) groups excluding carboxylic acids is 4. The lowest BCUT2D eigenvalue weighted by Crippen LogP contribution is -2.30. The molecule has 0 rings (SSSR count). The molecule has 0 aliphatic rings. The smallest absolute Gasteiger partial charge is 0.462 e. The highest BCUT2D eigenvalue weighted by Gasteiger charge is 2.30. The zero-order valence-corrected chi connectivity index (χ0v) is 66.8. The number of unbranched alkanes of at least 4 members (excludes halogenated alkanes) is 46. The largest absolute Gasteiger partial charge is 0.472 e. The van der Waals surface area contributed by atoms with Crippen LogP contribution in [0.15, 0.2) is 0 Å². The first-order valence-corrected chi connectivity index (χ1v) is 44.3. The van der Waals surface area contributed by atoms with E-state index in [1.54, 1.807) is 0 Å². The number of carbonyl (C=O) groups is 4. The van der Waals surface area contributed by atoms with Crippen molar-refractivity contribution >= 4 is 39.5 Å². The molecule has 0 radical (unpaired) electrons. The zero-order valence-electron chi connectivity index (χ0n) is 65.0. The average molecular weight is 1450 g/mol. The van der Waals surface area contributed by atoms with Crippen LogP contribution in [0.4, 0.5) is 0 Å². The van der Waals surface area contributed by atoms with Gasteiger partial charge in [-0.15, -0.1) is 0 Å². The fourth-order valence-electron chi connectivity index (χ4n) is 12.3. The Morgan fingerprint density at radius 1 is 0.273 bits per heavy atom. The fourth-order valence-corrected chi connectivity index (χ4v) is 13.9. The first-order valence-electron chi connectivity index (χ1n) is 41.3. The highest BCUT2D eigenvalue weighted by atomic mass is 31.2. The molecule has 0 spiro atoms. The van der Waals surface area contributed by atoms with E-state index in [1.165, 1.54) is 218 Å². The highest BCUT2D eigenvalue weighted by Crippen LogP contribution is 2.45. The Hall–Kier alpha value is -1.94. The molecule has 0 aromatic carbocycles. The summed E-state index contributed by atoms with van der Waals surface area (Å²) in [4.78, 5) is 73.0. The molecule has 3 N–H and O–H groups in total. The minimum atomic E-state index is -4.96. The van der Waals surface area contributed by atoms with Gasteiger partial charge in [-0.25, -0.2) is 9.13 Å². The topological polar surface area (TPSA) is 237 Å². The monoisotopic (exact) mass is 1450 g/mol.